The van der Waals surface area contributed by atoms with E-state index in [1.807, 2.05) is 36.4 Å². The summed E-state index contributed by atoms with van der Waals surface area (Å²) in [6.45, 7) is 0. The van der Waals surface area contributed by atoms with E-state index >= 15 is 0 Å². The minimum absolute atomic E-state index is 0. The molecule has 0 saturated carbocycles. The monoisotopic (exact) mass is 198 g/mol. The van der Waals surface area contributed by atoms with Crippen molar-refractivity contribution < 1.29 is 0 Å². The predicted octanol–water partition coefficient (Wildman–Crippen LogP) is 1.23. The average molecular weight is 198 g/mol. The van der Waals surface area contributed by atoms with Gasteiger partial charge < -0.3 is 0 Å². The third kappa shape index (κ3) is 2.76. The molecule has 0 radical (unpaired) electrons. The second kappa shape index (κ2) is 5.32. The molecule has 0 aliphatic rings. The molecule has 0 saturated heterocycles. The standard InChI is InChI=1S/C10H8N2.Ca.2H/c1-3-7-11-9(5-1)10-6-2-4-8-12-10;;;/h1-8H;;;. The molecular formula is C10H10CaN2. The van der Waals surface area contributed by atoms with Gasteiger partial charge in [0.1, 0.15) is 0 Å². The Bertz CT molecular complexity index is 310. The first-order chi connectivity index (χ1) is 5.97. The van der Waals surface area contributed by atoms with E-state index in [0.29, 0.717) is 0 Å². The zero-order chi connectivity index (χ0) is 8.23. The van der Waals surface area contributed by atoms with Gasteiger partial charge in [-0.15, -0.1) is 0 Å². The van der Waals surface area contributed by atoms with Crippen LogP contribution in [0.1, 0.15) is 0 Å². The van der Waals surface area contributed by atoms with Crippen molar-refractivity contribution in [3.05, 3.63) is 48.8 Å². The molecule has 2 nitrogen and oxygen atoms in total. The summed E-state index contributed by atoms with van der Waals surface area (Å²) in [6.07, 6.45) is 3.54. The van der Waals surface area contributed by atoms with Crippen molar-refractivity contribution in [3.8, 4) is 11.4 Å². The summed E-state index contributed by atoms with van der Waals surface area (Å²) in [5, 5.41) is 0. The molecule has 3 heteroatoms. The van der Waals surface area contributed by atoms with Gasteiger partial charge in [-0.3, -0.25) is 9.97 Å². The van der Waals surface area contributed by atoms with E-state index < -0.39 is 0 Å². The molecule has 0 fully saturated rings. The fourth-order valence-corrected chi connectivity index (χ4v) is 1.03. The molecule has 13 heavy (non-hydrogen) atoms. The maximum Gasteiger partial charge on any atom is 0.0886 e. The van der Waals surface area contributed by atoms with Gasteiger partial charge in [0.15, 0.2) is 0 Å². The smallest absolute Gasteiger partial charge is 0.0886 e. The van der Waals surface area contributed by atoms with E-state index in [1.54, 1.807) is 12.4 Å². The maximum absolute atomic E-state index is 4.19. The van der Waals surface area contributed by atoms with Crippen LogP contribution in [-0.4, -0.2) is 47.7 Å². The Morgan fingerprint density at radius 1 is 0.692 bits per heavy atom. The Morgan fingerprint density at radius 2 is 1.15 bits per heavy atom. The molecule has 0 aliphatic carbocycles. The first kappa shape index (κ1) is 10.6. The fraction of sp³-hybridized carbons (Fsp3) is 0. The molecule has 2 rings (SSSR count). The summed E-state index contributed by atoms with van der Waals surface area (Å²) < 4.78 is 0. The molecule has 0 atom stereocenters. The van der Waals surface area contributed by atoms with Crippen molar-refractivity contribution in [3.63, 3.8) is 0 Å². The number of nitrogens with zero attached hydrogens (tertiary/aromatic N) is 2. The van der Waals surface area contributed by atoms with Crippen LogP contribution < -0.4 is 0 Å². The van der Waals surface area contributed by atoms with Gasteiger partial charge in [0.05, 0.1) is 11.4 Å². The summed E-state index contributed by atoms with van der Waals surface area (Å²) in [5.74, 6) is 0. The van der Waals surface area contributed by atoms with Crippen molar-refractivity contribution in [2.75, 3.05) is 0 Å². The quantitative estimate of drug-likeness (QED) is 0.644. The predicted molar refractivity (Wildman–Crippen MR) is 56.0 cm³/mol. The van der Waals surface area contributed by atoms with Crippen molar-refractivity contribution in [2.24, 2.45) is 0 Å². The van der Waals surface area contributed by atoms with Crippen molar-refractivity contribution in [1.82, 2.24) is 9.97 Å². The molecule has 62 valence electrons. The van der Waals surface area contributed by atoms with Gasteiger partial charge in [-0.05, 0) is 24.3 Å². The number of hydrogen-bond acceptors (Lipinski definition) is 2. The van der Waals surface area contributed by atoms with Crippen molar-refractivity contribution in [2.45, 2.75) is 0 Å². The minimum atomic E-state index is 0. The van der Waals surface area contributed by atoms with E-state index in [9.17, 15) is 0 Å². The number of aromatic nitrogens is 2. The number of hydrogen-bond donors (Lipinski definition) is 0. The van der Waals surface area contributed by atoms with Crippen molar-refractivity contribution in [1.29, 1.82) is 0 Å². The van der Waals surface area contributed by atoms with Gasteiger partial charge in [0.25, 0.3) is 0 Å². The summed E-state index contributed by atoms with van der Waals surface area (Å²) >= 11 is 0. The van der Waals surface area contributed by atoms with Gasteiger partial charge in [-0.25, -0.2) is 0 Å². The fourth-order valence-electron chi connectivity index (χ4n) is 1.03. The Kier molecular flexibility index (Phi) is 4.36. The maximum atomic E-state index is 4.19. The van der Waals surface area contributed by atoms with Gasteiger partial charge in [0, 0.05) is 12.4 Å². The normalized spacial score (nSPS) is 8.92. The second-order valence-corrected chi connectivity index (χ2v) is 2.43. The summed E-state index contributed by atoms with van der Waals surface area (Å²) in [7, 11) is 0. The van der Waals surface area contributed by atoms with E-state index in [0.717, 1.165) is 11.4 Å². The van der Waals surface area contributed by atoms with Gasteiger partial charge in [-0.2, -0.15) is 0 Å². The van der Waals surface area contributed by atoms with Gasteiger partial charge in [-0.1, -0.05) is 12.1 Å². The Labute approximate surface area is 107 Å². The molecule has 0 amide bonds. The SMILES string of the molecule is [CaH2].c1ccc(-c2ccccn2)nc1. The molecule has 0 aromatic carbocycles. The van der Waals surface area contributed by atoms with Crippen LogP contribution in [0.5, 0.6) is 0 Å². The van der Waals surface area contributed by atoms with Crippen LogP contribution in [0.15, 0.2) is 48.8 Å². The van der Waals surface area contributed by atoms with Crippen molar-refractivity contribution >= 4 is 37.7 Å². The zero-order valence-corrected chi connectivity index (χ0v) is 6.51. The van der Waals surface area contributed by atoms with Crippen LogP contribution in [0.25, 0.3) is 11.4 Å². The number of pyridine rings is 2. The zero-order valence-electron chi connectivity index (χ0n) is 6.51. The molecule has 0 bridgehead atoms. The topological polar surface area (TPSA) is 25.8 Å². The first-order valence-corrected chi connectivity index (χ1v) is 3.79. The summed E-state index contributed by atoms with van der Waals surface area (Å²) in [5.41, 5.74) is 1.83. The third-order valence-electron chi connectivity index (χ3n) is 1.59. The van der Waals surface area contributed by atoms with Crippen LogP contribution in [0, 0.1) is 0 Å². The Hall–Kier alpha value is -0.440. The summed E-state index contributed by atoms with van der Waals surface area (Å²) in [4.78, 5) is 8.37. The van der Waals surface area contributed by atoms with Crippen LogP contribution in [-0.2, 0) is 0 Å². The third-order valence-corrected chi connectivity index (χ3v) is 1.59. The van der Waals surface area contributed by atoms with Crippen LogP contribution in [0.4, 0.5) is 0 Å². The molecule has 2 aromatic heterocycles. The Morgan fingerprint density at radius 3 is 1.46 bits per heavy atom. The minimum Gasteiger partial charge on any atom is -0.255 e. The average Bonchev–Trinajstić information content (AvgIpc) is 2.21. The number of rotatable bonds is 1. The second-order valence-electron chi connectivity index (χ2n) is 2.43. The molecular weight excluding hydrogens is 188 g/mol. The van der Waals surface area contributed by atoms with Crippen LogP contribution >= 0.6 is 0 Å². The van der Waals surface area contributed by atoms with E-state index in [4.69, 9.17) is 0 Å². The van der Waals surface area contributed by atoms with E-state index in [2.05, 4.69) is 9.97 Å². The van der Waals surface area contributed by atoms with Crippen LogP contribution in [0.3, 0.4) is 0 Å². The largest absolute Gasteiger partial charge is 0.255 e. The first-order valence-electron chi connectivity index (χ1n) is 3.79. The van der Waals surface area contributed by atoms with Gasteiger partial charge >= 0.3 is 37.7 Å². The molecule has 0 N–H and O–H groups in total. The molecule has 2 heterocycles. The molecule has 2 aromatic rings. The summed E-state index contributed by atoms with van der Waals surface area (Å²) in [6, 6.07) is 11.6. The van der Waals surface area contributed by atoms with Crippen LogP contribution in [0.2, 0.25) is 0 Å². The molecule has 0 spiro atoms. The van der Waals surface area contributed by atoms with E-state index in [1.165, 1.54) is 0 Å². The van der Waals surface area contributed by atoms with E-state index in [-0.39, 0.29) is 37.7 Å². The molecule has 0 aliphatic heterocycles. The van der Waals surface area contributed by atoms with Gasteiger partial charge in [0.2, 0.25) is 0 Å². The molecule has 0 unspecified atom stereocenters. The Balaban J connectivity index is 0.000000845.